The maximum absolute atomic E-state index is 9.41. The van der Waals surface area contributed by atoms with Crippen molar-refractivity contribution >= 4 is 10.8 Å². The van der Waals surface area contributed by atoms with Crippen LogP contribution in [0.15, 0.2) is 36.4 Å². The van der Waals surface area contributed by atoms with E-state index in [9.17, 15) is 5.11 Å². The first-order chi connectivity index (χ1) is 10.3. The Kier molecular flexibility index (Phi) is 4.42. The number of rotatable bonds is 4. The van der Waals surface area contributed by atoms with Crippen molar-refractivity contribution in [3.63, 3.8) is 0 Å². The lowest BCUT2D eigenvalue weighted by Crippen LogP contribution is -3.12. The molecule has 1 unspecified atom stereocenters. The van der Waals surface area contributed by atoms with Crippen molar-refractivity contribution in [1.29, 1.82) is 0 Å². The Labute approximate surface area is 126 Å². The van der Waals surface area contributed by atoms with Crippen LogP contribution >= 0.6 is 0 Å². The minimum Gasteiger partial charge on any atom is -0.496 e. The number of hydrogen-bond acceptors (Lipinski definition) is 2. The Morgan fingerprint density at radius 3 is 2.90 bits per heavy atom. The summed E-state index contributed by atoms with van der Waals surface area (Å²) in [6.07, 6.45) is 2.36. The molecule has 1 saturated heterocycles. The van der Waals surface area contributed by atoms with E-state index in [1.54, 1.807) is 12.0 Å². The van der Waals surface area contributed by atoms with Crippen molar-refractivity contribution in [2.24, 2.45) is 5.92 Å². The number of likely N-dealkylation sites (tertiary alicyclic amines) is 1. The summed E-state index contributed by atoms with van der Waals surface area (Å²) in [5, 5.41) is 12.0. The highest BCUT2D eigenvalue weighted by molar-refractivity contribution is 5.87. The van der Waals surface area contributed by atoms with E-state index in [2.05, 4.69) is 36.4 Å². The normalized spacial score (nSPS) is 22.4. The van der Waals surface area contributed by atoms with Crippen LogP contribution in [0.5, 0.6) is 5.75 Å². The molecule has 0 saturated carbocycles. The van der Waals surface area contributed by atoms with Crippen LogP contribution in [0.4, 0.5) is 0 Å². The van der Waals surface area contributed by atoms with Gasteiger partial charge in [0.25, 0.3) is 0 Å². The molecule has 0 aliphatic carbocycles. The van der Waals surface area contributed by atoms with Crippen molar-refractivity contribution in [3.8, 4) is 5.75 Å². The third-order valence-corrected chi connectivity index (χ3v) is 4.62. The zero-order valence-corrected chi connectivity index (χ0v) is 12.6. The third kappa shape index (κ3) is 3.04. The smallest absolute Gasteiger partial charge is 0.128 e. The number of quaternary nitrogens is 1. The van der Waals surface area contributed by atoms with Gasteiger partial charge in [-0.1, -0.05) is 30.3 Å². The van der Waals surface area contributed by atoms with Gasteiger partial charge < -0.3 is 14.7 Å². The minimum absolute atomic E-state index is 0.316. The first kappa shape index (κ1) is 14.4. The van der Waals surface area contributed by atoms with Crippen molar-refractivity contribution in [2.45, 2.75) is 19.4 Å². The van der Waals surface area contributed by atoms with Gasteiger partial charge in [0.2, 0.25) is 0 Å². The van der Waals surface area contributed by atoms with E-state index in [1.807, 2.05) is 0 Å². The van der Waals surface area contributed by atoms with E-state index >= 15 is 0 Å². The van der Waals surface area contributed by atoms with Gasteiger partial charge in [0.15, 0.2) is 0 Å². The number of hydrogen-bond donors (Lipinski definition) is 2. The van der Waals surface area contributed by atoms with E-state index < -0.39 is 0 Å². The lowest BCUT2D eigenvalue weighted by atomic mass is 9.97. The lowest BCUT2D eigenvalue weighted by Gasteiger charge is -2.29. The van der Waals surface area contributed by atoms with Crippen LogP contribution in [0.1, 0.15) is 18.4 Å². The maximum atomic E-state index is 9.41. The summed E-state index contributed by atoms with van der Waals surface area (Å²) in [5.41, 5.74) is 1.30. The largest absolute Gasteiger partial charge is 0.496 e. The van der Waals surface area contributed by atoms with Crippen molar-refractivity contribution in [1.82, 2.24) is 0 Å². The standard InChI is InChI=1S/C18H23NO2/c1-21-18-9-8-15-6-2-3-7-16(15)17(18)12-19-10-4-5-14(11-19)13-20/h2-3,6-9,14,20H,4-5,10-13H2,1H3/p+1/t14-/m0/s1. The van der Waals surface area contributed by atoms with E-state index in [4.69, 9.17) is 4.74 Å². The Morgan fingerprint density at radius 1 is 1.24 bits per heavy atom. The number of methoxy groups -OCH3 is 1. The van der Waals surface area contributed by atoms with Crippen LogP contribution < -0.4 is 9.64 Å². The molecular formula is C18H24NO2+. The zero-order chi connectivity index (χ0) is 14.7. The fraction of sp³-hybridized carbons (Fsp3) is 0.444. The number of fused-ring (bicyclic) bond motifs is 1. The second-order valence-electron chi connectivity index (χ2n) is 6.04. The number of benzene rings is 2. The SMILES string of the molecule is COc1ccc2ccccc2c1C[NH+]1CCC[C@H](CO)C1. The average molecular weight is 286 g/mol. The molecule has 3 rings (SSSR count). The van der Waals surface area contributed by atoms with Gasteiger partial charge in [-0.15, -0.1) is 0 Å². The molecule has 0 radical (unpaired) electrons. The van der Waals surface area contributed by atoms with Gasteiger partial charge in [-0.25, -0.2) is 0 Å². The number of ether oxygens (including phenoxy) is 1. The molecule has 3 nitrogen and oxygen atoms in total. The highest BCUT2D eigenvalue weighted by Gasteiger charge is 2.24. The molecular weight excluding hydrogens is 262 g/mol. The fourth-order valence-corrected chi connectivity index (χ4v) is 3.51. The molecule has 0 spiro atoms. The van der Waals surface area contributed by atoms with Gasteiger partial charge in [-0.3, -0.25) is 0 Å². The quantitative estimate of drug-likeness (QED) is 0.896. The zero-order valence-electron chi connectivity index (χ0n) is 12.6. The Balaban J connectivity index is 1.91. The van der Waals surface area contributed by atoms with Gasteiger partial charge in [0, 0.05) is 5.92 Å². The third-order valence-electron chi connectivity index (χ3n) is 4.62. The summed E-state index contributed by atoms with van der Waals surface area (Å²) in [4.78, 5) is 1.55. The van der Waals surface area contributed by atoms with Gasteiger partial charge in [-0.2, -0.15) is 0 Å². The van der Waals surface area contributed by atoms with Gasteiger partial charge >= 0.3 is 0 Å². The second-order valence-corrected chi connectivity index (χ2v) is 6.04. The molecule has 1 aliphatic heterocycles. The second kappa shape index (κ2) is 6.46. The molecule has 112 valence electrons. The Bertz CT molecular complexity index is 611. The van der Waals surface area contributed by atoms with E-state index in [0.29, 0.717) is 12.5 Å². The van der Waals surface area contributed by atoms with E-state index in [-0.39, 0.29) is 0 Å². The summed E-state index contributed by atoms with van der Waals surface area (Å²) in [5.74, 6) is 1.43. The van der Waals surface area contributed by atoms with Crippen LogP contribution in [0, 0.1) is 5.92 Å². The molecule has 0 amide bonds. The predicted molar refractivity (Wildman–Crippen MR) is 84.7 cm³/mol. The molecule has 2 N–H and O–H groups in total. The van der Waals surface area contributed by atoms with Crippen LogP contribution in [0.2, 0.25) is 0 Å². The molecule has 2 aromatic carbocycles. The first-order valence-corrected chi connectivity index (χ1v) is 7.81. The fourth-order valence-electron chi connectivity index (χ4n) is 3.51. The van der Waals surface area contributed by atoms with E-state index in [0.717, 1.165) is 25.3 Å². The number of aliphatic hydroxyl groups excluding tert-OH is 1. The van der Waals surface area contributed by atoms with Gasteiger partial charge in [0.05, 0.1) is 32.4 Å². The predicted octanol–water partition coefficient (Wildman–Crippen LogP) is 1.64. The average Bonchev–Trinajstić information content (AvgIpc) is 2.55. The van der Waals surface area contributed by atoms with Crippen LogP contribution in [0.3, 0.4) is 0 Å². The highest BCUT2D eigenvalue weighted by atomic mass is 16.5. The summed E-state index contributed by atoms with van der Waals surface area (Å²) in [7, 11) is 1.75. The first-order valence-electron chi connectivity index (χ1n) is 7.81. The maximum Gasteiger partial charge on any atom is 0.128 e. The molecule has 1 aliphatic rings. The molecule has 2 aromatic rings. The molecule has 21 heavy (non-hydrogen) atoms. The summed E-state index contributed by atoms with van der Waals surface area (Å²) < 4.78 is 5.59. The van der Waals surface area contributed by atoms with Crippen molar-refractivity contribution in [3.05, 3.63) is 42.0 Å². The minimum atomic E-state index is 0.316. The number of aliphatic hydroxyl groups is 1. The number of nitrogens with one attached hydrogen (secondary N) is 1. The van der Waals surface area contributed by atoms with Crippen molar-refractivity contribution in [2.75, 3.05) is 26.8 Å². The molecule has 3 heteroatoms. The number of piperidine rings is 1. The van der Waals surface area contributed by atoms with Crippen molar-refractivity contribution < 1.29 is 14.7 Å². The molecule has 0 aromatic heterocycles. The topological polar surface area (TPSA) is 33.9 Å². The van der Waals surface area contributed by atoms with Crippen LogP contribution in [0.25, 0.3) is 10.8 Å². The molecule has 1 heterocycles. The van der Waals surface area contributed by atoms with E-state index in [1.165, 1.54) is 29.3 Å². The molecule has 1 fully saturated rings. The summed E-state index contributed by atoms with van der Waals surface area (Å²) in [6, 6.07) is 12.7. The summed E-state index contributed by atoms with van der Waals surface area (Å²) in [6.45, 7) is 3.53. The Morgan fingerprint density at radius 2 is 2.10 bits per heavy atom. The highest BCUT2D eigenvalue weighted by Crippen LogP contribution is 2.27. The van der Waals surface area contributed by atoms with Gasteiger partial charge in [0.1, 0.15) is 12.3 Å². The van der Waals surface area contributed by atoms with Crippen LogP contribution in [-0.4, -0.2) is 31.9 Å². The monoisotopic (exact) mass is 286 g/mol. The lowest BCUT2D eigenvalue weighted by molar-refractivity contribution is -0.922. The summed E-state index contributed by atoms with van der Waals surface area (Å²) >= 11 is 0. The molecule has 2 atom stereocenters. The Hall–Kier alpha value is -1.58. The molecule has 0 bridgehead atoms. The van der Waals surface area contributed by atoms with Gasteiger partial charge in [-0.05, 0) is 29.7 Å². The van der Waals surface area contributed by atoms with Crippen LogP contribution in [-0.2, 0) is 6.54 Å².